The summed E-state index contributed by atoms with van der Waals surface area (Å²) in [4.78, 5) is 13.2. The van der Waals surface area contributed by atoms with Gasteiger partial charge in [0.1, 0.15) is 17.2 Å². The van der Waals surface area contributed by atoms with Crippen LogP contribution in [0, 0.1) is 16.7 Å². The fraction of sp³-hybridized carbons (Fsp3) is 0.417. The first kappa shape index (κ1) is 29.7. The van der Waals surface area contributed by atoms with Crippen molar-refractivity contribution < 1.29 is 44.8 Å². The van der Waals surface area contributed by atoms with Crippen molar-refractivity contribution in [1.82, 2.24) is 5.32 Å². The van der Waals surface area contributed by atoms with Crippen molar-refractivity contribution in [3.05, 3.63) is 53.1 Å². The van der Waals surface area contributed by atoms with Crippen LogP contribution in [0.4, 0.5) is 13.2 Å². The Hall–Kier alpha value is -3.50. The number of carbonyl (C=O) groups is 1. The van der Waals surface area contributed by atoms with Crippen molar-refractivity contribution in [1.29, 1.82) is 5.26 Å². The fourth-order valence-electron chi connectivity index (χ4n) is 3.24. The number of benzene rings is 2. The van der Waals surface area contributed by atoms with E-state index in [0.717, 1.165) is 18.4 Å². The molecule has 13 heteroatoms. The Morgan fingerprint density at radius 1 is 1.08 bits per heavy atom. The van der Waals surface area contributed by atoms with E-state index in [9.17, 15) is 26.4 Å². The summed E-state index contributed by atoms with van der Waals surface area (Å²) in [5, 5.41) is 11.7. The molecule has 1 unspecified atom stereocenters. The van der Waals surface area contributed by atoms with Crippen LogP contribution in [0.2, 0.25) is 0 Å². The zero-order valence-electron chi connectivity index (χ0n) is 20.8. The molecule has 0 aliphatic heterocycles. The second kappa shape index (κ2) is 11.7. The number of rotatable bonds is 11. The van der Waals surface area contributed by atoms with Gasteiger partial charge in [-0.3, -0.25) is 8.98 Å². The van der Waals surface area contributed by atoms with Crippen LogP contribution in [0.5, 0.6) is 17.2 Å². The Balaban J connectivity index is 2.39. The maximum Gasteiger partial charge on any atom is 0.417 e. The molecular formula is C24H27F3N2O7S. The van der Waals surface area contributed by atoms with E-state index in [1.807, 2.05) is 0 Å². The minimum absolute atomic E-state index is 0.0456. The van der Waals surface area contributed by atoms with Gasteiger partial charge in [-0.25, -0.2) is 0 Å². The summed E-state index contributed by atoms with van der Waals surface area (Å²) in [6.07, 6.45) is -5.51. The molecule has 0 heterocycles. The molecule has 0 aliphatic carbocycles. The lowest BCUT2D eigenvalue weighted by Gasteiger charge is -2.33. The Kier molecular flexibility index (Phi) is 9.40. The van der Waals surface area contributed by atoms with Gasteiger partial charge in [0.2, 0.25) is 0 Å². The monoisotopic (exact) mass is 544 g/mol. The van der Waals surface area contributed by atoms with Crippen LogP contribution in [0.1, 0.15) is 30.5 Å². The van der Waals surface area contributed by atoms with Crippen molar-refractivity contribution in [2.24, 2.45) is 5.41 Å². The van der Waals surface area contributed by atoms with Crippen LogP contribution in [0.3, 0.4) is 0 Å². The molecule has 37 heavy (non-hydrogen) atoms. The predicted octanol–water partition coefficient (Wildman–Crippen LogP) is 3.66. The topological polar surface area (TPSA) is 124 Å². The lowest BCUT2D eigenvalue weighted by atomic mass is 9.86. The van der Waals surface area contributed by atoms with Crippen LogP contribution >= 0.6 is 0 Å². The molecule has 0 aliphatic rings. The Bertz CT molecular complexity index is 1270. The number of halogens is 3. The third-order valence-electron chi connectivity index (χ3n) is 5.21. The fourth-order valence-corrected chi connectivity index (χ4v) is 3.76. The Morgan fingerprint density at radius 3 is 2.27 bits per heavy atom. The normalized spacial score (nSPS) is 12.8. The first-order chi connectivity index (χ1) is 17.1. The first-order valence-corrected chi connectivity index (χ1v) is 12.5. The van der Waals surface area contributed by atoms with Crippen LogP contribution in [0.15, 0.2) is 36.4 Å². The lowest BCUT2D eigenvalue weighted by molar-refractivity contribution is -0.138. The minimum atomic E-state index is -4.85. The Labute approximate surface area is 213 Å². The summed E-state index contributed by atoms with van der Waals surface area (Å²) < 4.78 is 84.4. The largest absolute Gasteiger partial charge is 0.497 e. The van der Waals surface area contributed by atoms with E-state index in [4.69, 9.17) is 23.7 Å². The molecule has 1 atom stereocenters. The van der Waals surface area contributed by atoms with Gasteiger partial charge in [-0.1, -0.05) is 13.8 Å². The summed E-state index contributed by atoms with van der Waals surface area (Å²) in [5.41, 5.74) is -2.62. The molecule has 0 bridgehead atoms. The molecule has 0 radical (unpaired) electrons. The maximum atomic E-state index is 13.4. The van der Waals surface area contributed by atoms with Gasteiger partial charge in [-0.2, -0.15) is 26.9 Å². The highest BCUT2D eigenvalue weighted by Gasteiger charge is 2.40. The molecule has 0 saturated carbocycles. The molecule has 2 aromatic rings. The molecule has 0 aromatic heterocycles. The maximum absolute atomic E-state index is 13.4. The minimum Gasteiger partial charge on any atom is -0.497 e. The Morgan fingerprint density at radius 2 is 1.73 bits per heavy atom. The van der Waals surface area contributed by atoms with Gasteiger partial charge in [0.15, 0.2) is 6.10 Å². The molecule has 1 amide bonds. The number of alkyl halides is 3. The average Bonchev–Trinajstić information content (AvgIpc) is 2.83. The number of hydrogen-bond acceptors (Lipinski definition) is 8. The molecule has 2 rings (SSSR count). The molecule has 0 fully saturated rings. The third kappa shape index (κ3) is 8.26. The van der Waals surface area contributed by atoms with Crippen molar-refractivity contribution in [2.75, 3.05) is 27.1 Å². The summed E-state index contributed by atoms with van der Waals surface area (Å²) in [6.45, 7) is 2.38. The van der Waals surface area contributed by atoms with Crippen LogP contribution in [0.25, 0.3) is 0 Å². The lowest BCUT2D eigenvalue weighted by Crippen LogP contribution is -2.49. The van der Waals surface area contributed by atoms with Gasteiger partial charge in [0.25, 0.3) is 16.0 Å². The third-order valence-corrected chi connectivity index (χ3v) is 5.76. The predicted molar refractivity (Wildman–Crippen MR) is 127 cm³/mol. The summed E-state index contributed by atoms with van der Waals surface area (Å²) >= 11 is 0. The molecule has 1 N–H and O–H groups in total. The van der Waals surface area contributed by atoms with Gasteiger partial charge < -0.3 is 19.5 Å². The number of nitrogens with one attached hydrogen (secondary N) is 1. The summed E-state index contributed by atoms with van der Waals surface area (Å²) in [7, 11) is -0.986. The molecule has 2 aromatic carbocycles. The zero-order valence-corrected chi connectivity index (χ0v) is 21.6. The van der Waals surface area contributed by atoms with E-state index in [-0.39, 0.29) is 12.3 Å². The number of ether oxygens (including phenoxy) is 3. The van der Waals surface area contributed by atoms with Gasteiger partial charge in [0.05, 0.1) is 44.3 Å². The quantitative estimate of drug-likeness (QED) is 0.425. The standard InChI is InChI=1S/C24H27F3N2O7S/c1-23(2,14-35-37(5,31)32)21(36-18-9-6-15(12-28)19(10-18)24(25,26)27)22(30)29-13-16-7-8-17(33-3)11-20(16)34-4/h6-11,21H,13-14H2,1-5H3,(H,29,30). The van der Waals surface area contributed by atoms with E-state index >= 15 is 0 Å². The van der Waals surface area contributed by atoms with Crippen molar-refractivity contribution >= 4 is 16.0 Å². The molecular weight excluding hydrogens is 517 g/mol. The summed E-state index contributed by atoms with van der Waals surface area (Å²) in [6, 6.07) is 9.03. The van der Waals surface area contributed by atoms with Crippen molar-refractivity contribution in [2.45, 2.75) is 32.7 Å². The zero-order chi connectivity index (χ0) is 28.0. The van der Waals surface area contributed by atoms with Crippen LogP contribution < -0.4 is 19.5 Å². The van der Waals surface area contributed by atoms with Crippen molar-refractivity contribution in [3.63, 3.8) is 0 Å². The first-order valence-electron chi connectivity index (χ1n) is 10.7. The second-order valence-electron chi connectivity index (χ2n) is 8.67. The number of hydrogen-bond donors (Lipinski definition) is 1. The highest BCUT2D eigenvalue weighted by molar-refractivity contribution is 7.85. The van der Waals surface area contributed by atoms with Gasteiger partial charge in [-0.15, -0.1) is 0 Å². The van der Waals surface area contributed by atoms with Crippen molar-refractivity contribution in [3.8, 4) is 23.3 Å². The van der Waals surface area contributed by atoms with Gasteiger partial charge >= 0.3 is 6.18 Å². The number of nitriles is 1. The highest BCUT2D eigenvalue weighted by atomic mass is 32.2. The number of carbonyl (C=O) groups excluding carboxylic acids is 1. The van der Waals surface area contributed by atoms with Gasteiger partial charge in [-0.05, 0) is 30.3 Å². The van der Waals surface area contributed by atoms with E-state index in [1.165, 1.54) is 34.1 Å². The molecule has 0 spiro atoms. The number of amides is 1. The van der Waals surface area contributed by atoms with Gasteiger partial charge in [0, 0.05) is 23.6 Å². The molecule has 0 saturated heterocycles. The van der Waals surface area contributed by atoms with Crippen LogP contribution in [-0.2, 0) is 31.8 Å². The molecule has 202 valence electrons. The SMILES string of the molecule is COc1ccc(CNC(=O)C(Oc2ccc(C#N)c(C(F)(F)F)c2)C(C)(C)COS(C)(=O)=O)c(OC)c1. The van der Waals surface area contributed by atoms with E-state index in [0.29, 0.717) is 23.1 Å². The average molecular weight is 545 g/mol. The number of nitrogens with zero attached hydrogens (tertiary/aromatic N) is 1. The number of methoxy groups -OCH3 is 2. The summed E-state index contributed by atoms with van der Waals surface area (Å²) in [5.74, 6) is -0.161. The molecule has 9 nitrogen and oxygen atoms in total. The van der Waals surface area contributed by atoms with E-state index < -0.39 is 51.5 Å². The second-order valence-corrected chi connectivity index (χ2v) is 10.3. The van der Waals surface area contributed by atoms with E-state index in [2.05, 4.69) is 5.32 Å². The van der Waals surface area contributed by atoms with E-state index in [1.54, 1.807) is 18.2 Å². The van der Waals surface area contributed by atoms with Crippen LogP contribution in [-0.4, -0.2) is 47.5 Å². The highest BCUT2D eigenvalue weighted by Crippen LogP contribution is 2.36. The smallest absolute Gasteiger partial charge is 0.417 e.